The van der Waals surface area contributed by atoms with Crippen molar-refractivity contribution in [2.24, 2.45) is 0 Å². The Bertz CT molecular complexity index is 1270. The Kier molecular flexibility index (Phi) is 4.90. The minimum absolute atomic E-state index is 0.103. The van der Waals surface area contributed by atoms with Crippen molar-refractivity contribution >= 4 is 17.8 Å². The second-order valence-corrected chi connectivity index (χ2v) is 7.82. The van der Waals surface area contributed by atoms with Crippen molar-refractivity contribution in [3.63, 3.8) is 0 Å². The van der Waals surface area contributed by atoms with E-state index in [1.54, 1.807) is 30.3 Å². The van der Waals surface area contributed by atoms with Crippen LogP contribution in [0.2, 0.25) is 0 Å². The molecule has 0 radical (unpaired) electrons. The molecule has 0 saturated heterocycles. The molecule has 1 atom stereocenters. The van der Waals surface area contributed by atoms with Crippen molar-refractivity contribution < 1.29 is 28.2 Å². The normalized spacial score (nSPS) is 18.0. The second kappa shape index (κ2) is 7.89. The van der Waals surface area contributed by atoms with Gasteiger partial charge >= 0.3 is 5.97 Å². The van der Waals surface area contributed by atoms with Crippen LogP contribution in [-0.4, -0.2) is 18.4 Å². The van der Waals surface area contributed by atoms with Gasteiger partial charge in [-0.1, -0.05) is 24.8 Å². The lowest BCUT2D eigenvalue weighted by molar-refractivity contribution is -0.135. The lowest BCUT2D eigenvalue weighted by atomic mass is 9.84. The number of ether oxygens (including phenoxy) is 3. The molecule has 0 bridgehead atoms. The minimum Gasteiger partial charge on any atom is -0.489 e. The van der Waals surface area contributed by atoms with Crippen LogP contribution in [0.1, 0.15) is 46.5 Å². The first-order valence-electron chi connectivity index (χ1n) is 10.2. The minimum atomic E-state index is -0.390. The number of fused-ring (bicyclic) bond motifs is 3. The van der Waals surface area contributed by atoms with Crippen LogP contribution in [0.5, 0.6) is 17.2 Å². The standard InChI is InChI=1S/C26H20O6/c1-15(2)14-30-20-8-4-3-7-17(20)19-13-23(27)31-21-10-9-18-25(28)22(32-26(18)24(19)21)12-16-6-5-11-29-16/h3-12,19H,1,13-14H2,2H3. The van der Waals surface area contributed by atoms with Gasteiger partial charge in [-0.2, -0.15) is 0 Å². The van der Waals surface area contributed by atoms with Crippen molar-refractivity contribution in [3.05, 3.63) is 95.2 Å². The van der Waals surface area contributed by atoms with E-state index in [9.17, 15) is 9.59 Å². The van der Waals surface area contributed by atoms with Gasteiger partial charge in [0.2, 0.25) is 5.78 Å². The number of rotatable bonds is 5. The molecule has 6 heteroatoms. The highest BCUT2D eigenvalue weighted by Crippen LogP contribution is 2.50. The molecule has 5 rings (SSSR count). The fraction of sp³-hybridized carbons (Fsp3) is 0.154. The summed E-state index contributed by atoms with van der Waals surface area (Å²) in [5.41, 5.74) is 2.78. The Hall–Kier alpha value is -4.06. The second-order valence-electron chi connectivity index (χ2n) is 7.82. The van der Waals surface area contributed by atoms with Gasteiger partial charge < -0.3 is 18.6 Å². The van der Waals surface area contributed by atoms with Crippen molar-refractivity contribution in [1.82, 2.24) is 0 Å². The molecule has 0 N–H and O–H groups in total. The molecule has 0 amide bonds. The van der Waals surface area contributed by atoms with Crippen LogP contribution in [0, 0.1) is 0 Å². The van der Waals surface area contributed by atoms with E-state index in [4.69, 9.17) is 18.6 Å². The van der Waals surface area contributed by atoms with E-state index >= 15 is 0 Å². The zero-order valence-corrected chi connectivity index (χ0v) is 17.4. The molecule has 0 fully saturated rings. The molecule has 0 spiro atoms. The molecule has 32 heavy (non-hydrogen) atoms. The van der Waals surface area contributed by atoms with Gasteiger partial charge in [-0.05, 0) is 42.8 Å². The molecule has 2 aliphatic rings. The van der Waals surface area contributed by atoms with Gasteiger partial charge in [0.15, 0.2) is 5.76 Å². The quantitative estimate of drug-likeness (QED) is 0.238. The van der Waals surface area contributed by atoms with Crippen molar-refractivity contribution in [1.29, 1.82) is 0 Å². The van der Waals surface area contributed by atoms with Gasteiger partial charge in [-0.25, -0.2) is 0 Å². The Labute approximate surface area is 184 Å². The van der Waals surface area contributed by atoms with E-state index in [-0.39, 0.29) is 23.9 Å². The number of para-hydroxylation sites is 1. The van der Waals surface area contributed by atoms with E-state index in [0.29, 0.717) is 40.7 Å². The van der Waals surface area contributed by atoms with Gasteiger partial charge in [-0.15, -0.1) is 0 Å². The highest BCUT2D eigenvalue weighted by molar-refractivity contribution is 6.15. The Morgan fingerprint density at radius 3 is 2.75 bits per heavy atom. The summed E-state index contributed by atoms with van der Waals surface area (Å²) >= 11 is 0. The van der Waals surface area contributed by atoms with Crippen LogP contribution < -0.4 is 14.2 Å². The van der Waals surface area contributed by atoms with Gasteiger partial charge in [0, 0.05) is 23.1 Å². The summed E-state index contributed by atoms with van der Waals surface area (Å²) in [6, 6.07) is 14.3. The lowest BCUT2D eigenvalue weighted by Gasteiger charge is -2.27. The Balaban J connectivity index is 1.61. The van der Waals surface area contributed by atoms with Crippen molar-refractivity contribution in [2.75, 3.05) is 6.61 Å². The first-order valence-corrected chi connectivity index (χ1v) is 10.2. The molecule has 1 unspecified atom stereocenters. The fourth-order valence-corrected chi connectivity index (χ4v) is 3.98. The molecule has 160 valence electrons. The molecule has 6 nitrogen and oxygen atoms in total. The highest BCUT2D eigenvalue weighted by Gasteiger charge is 2.39. The molecule has 2 aliphatic heterocycles. The third-order valence-corrected chi connectivity index (χ3v) is 5.36. The maximum atomic E-state index is 13.0. The number of ketones is 1. The predicted molar refractivity (Wildman–Crippen MR) is 117 cm³/mol. The monoisotopic (exact) mass is 428 g/mol. The summed E-state index contributed by atoms with van der Waals surface area (Å²) in [6.07, 6.45) is 3.19. The Morgan fingerprint density at radius 2 is 1.97 bits per heavy atom. The smallest absolute Gasteiger partial charge is 0.312 e. The average molecular weight is 428 g/mol. The molecular weight excluding hydrogens is 408 g/mol. The van der Waals surface area contributed by atoms with E-state index in [1.807, 2.05) is 31.2 Å². The van der Waals surface area contributed by atoms with Crippen LogP contribution in [0.25, 0.3) is 6.08 Å². The number of benzene rings is 2. The van der Waals surface area contributed by atoms with Crippen LogP contribution in [-0.2, 0) is 4.79 Å². The first kappa shape index (κ1) is 19.9. The first-order chi connectivity index (χ1) is 15.5. The van der Waals surface area contributed by atoms with Crippen LogP contribution in [0.3, 0.4) is 0 Å². The van der Waals surface area contributed by atoms with E-state index < -0.39 is 5.92 Å². The number of hydrogen-bond donors (Lipinski definition) is 0. The fourth-order valence-electron chi connectivity index (χ4n) is 3.98. The summed E-state index contributed by atoms with van der Waals surface area (Å²) < 4.78 is 22.8. The van der Waals surface area contributed by atoms with E-state index in [0.717, 1.165) is 11.1 Å². The number of carbonyl (C=O) groups excluding carboxylic acids is 2. The zero-order valence-electron chi connectivity index (χ0n) is 17.4. The number of carbonyl (C=O) groups is 2. The Morgan fingerprint density at radius 1 is 1.12 bits per heavy atom. The molecule has 0 aliphatic carbocycles. The maximum Gasteiger partial charge on any atom is 0.312 e. The number of Topliss-reactive ketones (excluding diaryl/α,β-unsaturated/α-hetero) is 1. The number of hydrogen-bond acceptors (Lipinski definition) is 6. The van der Waals surface area contributed by atoms with Crippen molar-refractivity contribution in [2.45, 2.75) is 19.3 Å². The molecular formula is C26H20O6. The third-order valence-electron chi connectivity index (χ3n) is 5.36. The molecule has 3 heterocycles. The molecule has 0 saturated carbocycles. The summed E-state index contributed by atoms with van der Waals surface area (Å²) in [5, 5.41) is 0. The third kappa shape index (κ3) is 3.50. The van der Waals surface area contributed by atoms with Crippen molar-refractivity contribution in [3.8, 4) is 17.2 Å². The van der Waals surface area contributed by atoms with E-state index in [1.165, 1.54) is 6.26 Å². The van der Waals surface area contributed by atoms with Gasteiger partial charge in [-0.3, -0.25) is 9.59 Å². The molecule has 1 aromatic heterocycles. The summed E-state index contributed by atoms with van der Waals surface area (Å²) in [7, 11) is 0. The average Bonchev–Trinajstić information content (AvgIpc) is 3.40. The summed E-state index contributed by atoms with van der Waals surface area (Å²) in [6.45, 7) is 6.13. The van der Waals surface area contributed by atoms with Crippen LogP contribution in [0.4, 0.5) is 0 Å². The maximum absolute atomic E-state index is 13.0. The SMILES string of the molecule is C=C(C)COc1ccccc1C1CC(=O)Oc2ccc3c(c21)OC(=Cc1ccco1)C3=O. The highest BCUT2D eigenvalue weighted by atomic mass is 16.5. The number of allylic oxidation sites excluding steroid dienone is 1. The van der Waals surface area contributed by atoms with Gasteiger partial charge in [0.25, 0.3) is 0 Å². The summed E-state index contributed by atoms with van der Waals surface area (Å²) in [5.74, 6) is 1.11. The van der Waals surface area contributed by atoms with E-state index in [2.05, 4.69) is 6.58 Å². The number of esters is 1. The summed E-state index contributed by atoms with van der Waals surface area (Å²) in [4.78, 5) is 25.4. The number of furan rings is 1. The predicted octanol–water partition coefficient (Wildman–Crippen LogP) is 5.29. The van der Waals surface area contributed by atoms with Gasteiger partial charge in [0.1, 0.15) is 29.6 Å². The molecule has 3 aromatic rings. The zero-order chi connectivity index (χ0) is 22.2. The largest absolute Gasteiger partial charge is 0.489 e. The van der Waals surface area contributed by atoms with Crippen LogP contribution in [0.15, 0.2) is 77.1 Å². The van der Waals surface area contributed by atoms with Gasteiger partial charge in [0.05, 0.1) is 18.2 Å². The molecule has 2 aromatic carbocycles. The van der Waals surface area contributed by atoms with Crippen LogP contribution >= 0.6 is 0 Å². The topological polar surface area (TPSA) is 75.0 Å². The lowest BCUT2D eigenvalue weighted by Crippen LogP contribution is -2.22.